The second kappa shape index (κ2) is 8.87. The maximum atomic E-state index is 11.6. The van der Waals surface area contributed by atoms with Gasteiger partial charge in [0.15, 0.2) is 0 Å². The molecule has 19 heavy (non-hydrogen) atoms. The lowest BCUT2D eigenvalue weighted by Crippen LogP contribution is -2.37. The smallest absolute Gasteiger partial charge is 0.328 e. The maximum Gasteiger partial charge on any atom is 0.328 e. The standard InChI is InChI=1S/C13H17NO3S2/c1-3-17-12(15)10(2)14-13(16)19-18-9-11-7-5-4-6-8-11/h4-8,10H,3,9H2,1-2H3,(H,14,16)/t10-/m0/s1. The molecule has 0 bridgehead atoms. The van der Waals surface area contributed by atoms with Gasteiger partial charge in [0.05, 0.1) is 6.61 Å². The molecule has 1 aromatic carbocycles. The van der Waals surface area contributed by atoms with Gasteiger partial charge in [-0.2, -0.15) is 0 Å². The van der Waals surface area contributed by atoms with Crippen molar-refractivity contribution in [2.24, 2.45) is 0 Å². The van der Waals surface area contributed by atoms with Crippen molar-refractivity contribution < 1.29 is 14.3 Å². The van der Waals surface area contributed by atoms with E-state index >= 15 is 0 Å². The van der Waals surface area contributed by atoms with Crippen molar-refractivity contribution in [3.63, 3.8) is 0 Å². The van der Waals surface area contributed by atoms with Crippen molar-refractivity contribution in [1.82, 2.24) is 5.32 Å². The number of carbonyl (C=O) groups is 2. The number of esters is 1. The average Bonchev–Trinajstić information content (AvgIpc) is 2.40. The van der Waals surface area contributed by atoms with E-state index in [-0.39, 0.29) is 5.24 Å². The van der Waals surface area contributed by atoms with Crippen LogP contribution in [0.2, 0.25) is 0 Å². The quantitative estimate of drug-likeness (QED) is 0.645. The van der Waals surface area contributed by atoms with Crippen LogP contribution in [0.3, 0.4) is 0 Å². The topological polar surface area (TPSA) is 55.4 Å². The molecule has 4 nitrogen and oxygen atoms in total. The Morgan fingerprint density at radius 1 is 1.32 bits per heavy atom. The van der Waals surface area contributed by atoms with Gasteiger partial charge in [0.2, 0.25) is 0 Å². The molecule has 0 unspecified atom stereocenters. The van der Waals surface area contributed by atoms with Crippen molar-refractivity contribution in [2.75, 3.05) is 6.61 Å². The normalized spacial score (nSPS) is 11.7. The fraction of sp³-hybridized carbons (Fsp3) is 0.385. The number of hydrogen-bond acceptors (Lipinski definition) is 5. The molecule has 1 atom stereocenters. The monoisotopic (exact) mass is 299 g/mol. The first kappa shape index (κ1) is 15.9. The van der Waals surface area contributed by atoms with E-state index in [1.165, 1.54) is 10.8 Å². The summed E-state index contributed by atoms with van der Waals surface area (Å²) in [5.74, 6) is 0.330. The SMILES string of the molecule is CCOC(=O)[C@H](C)NC(=O)SSCc1ccccc1. The molecule has 0 aliphatic rings. The van der Waals surface area contributed by atoms with Crippen LogP contribution in [0.25, 0.3) is 0 Å². The van der Waals surface area contributed by atoms with Gasteiger partial charge >= 0.3 is 5.97 Å². The van der Waals surface area contributed by atoms with E-state index in [1.54, 1.807) is 13.8 Å². The van der Waals surface area contributed by atoms with Crippen LogP contribution in [-0.2, 0) is 15.3 Å². The van der Waals surface area contributed by atoms with E-state index in [9.17, 15) is 9.59 Å². The van der Waals surface area contributed by atoms with E-state index < -0.39 is 12.0 Å². The summed E-state index contributed by atoms with van der Waals surface area (Å²) in [6, 6.07) is 9.28. The molecule has 0 aliphatic carbocycles. The Labute approximate surface area is 121 Å². The van der Waals surface area contributed by atoms with Crippen LogP contribution in [0.15, 0.2) is 30.3 Å². The molecule has 0 heterocycles. The third-order valence-electron chi connectivity index (χ3n) is 2.18. The summed E-state index contributed by atoms with van der Waals surface area (Å²) in [4.78, 5) is 22.9. The summed E-state index contributed by atoms with van der Waals surface area (Å²) in [6.07, 6.45) is 0. The number of carbonyl (C=O) groups excluding carboxylic acids is 2. The molecule has 1 rings (SSSR count). The first-order chi connectivity index (χ1) is 9.13. The van der Waals surface area contributed by atoms with Crippen LogP contribution < -0.4 is 5.32 Å². The van der Waals surface area contributed by atoms with E-state index in [4.69, 9.17) is 4.74 Å². The molecule has 6 heteroatoms. The largest absolute Gasteiger partial charge is 0.464 e. The summed E-state index contributed by atoms with van der Waals surface area (Å²) in [5, 5.41) is 2.34. The predicted octanol–water partition coefficient (Wildman–Crippen LogP) is 3.23. The summed E-state index contributed by atoms with van der Waals surface area (Å²) in [5.41, 5.74) is 1.16. The fourth-order valence-electron chi connectivity index (χ4n) is 1.25. The van der Waals surface area contributed by atoms with E-state index in [0.717, 1.165) is 22.1 Å². The lowest BCUT2D eigenvalue weighted by Gasteiger charge is -2.11. The van der Waals surface area contributed by atoms with Gasteiger partial charge in [-0.3, -0.25) is 4.79 Å². The highest BCUT2D eigenvalue weighted by molar-refractivity contribution is 8.81. The van der Waals surface area contributed by atoms with E-state index in [0.29, 0.717) is 6.61 Å². The average molecular weight is 299 g/mol. The molecule has 0 saturated heterocycles. The molecule has 0 spiro atoms. The van der Waals surface area contributed by atoms with Crippen molar-refractivity contribution in [1.29, 1.82) is 0 Å². The van der Waals surface area contributed by atoms with Gasteiger partial charge in [-0.25, -0.2) is 4.79 Å². The van der Waals surface area contributed by atoms with Crippen LogP contribution in [0.4, 0.5) is 4.79 Å². The number of ether oxygens (including phenoxy) is 1. The Balaban J connectivity index is 2.23. The summed E-state index contributed by atoms with van der Waals surface area (Å²) < 4.78 is 4.81. The molecule has 104 valence electrons. The first-order valence-corrected chi connectivity index (χ1v) is 8.26. The van der Waals surface area contributed by atoms with Crippen molar-refractivity contribution in [3.05, 3.63) is 35.9 Å². The van der Waals surface area contributed by atoms with Gasteiger partial charge in [-0.05, 0) is 19.4 Å². The third kappa shape index (κ3) is 6.54. The number of hydrogen-bond donors (Lipinski definition) is 1. The van der Waals surface area contributed by atoms with E-state index in [2.05, 4.69) is 5.32 Å². The highest BCUT2D eigenvalue weighted by Gasteiger charge is 2.16. The number of benzene rings is 1. The molecule has 0 fully saturated rings. The second-order valence-corrected chi connectivity index (χ2v) is 6.01. The van der Waals surface area contributed by atoms with Crippen LogP contribution in [0, 0.1) is 0 Å². The Hall–Kier alpha value is -1.14. The van der Waals surface area contributed by atoms with Gasteiger partial charge in [0.1, 0.15) is 6.04 Å². The minimum absolute atomic E-state index is 0.235. The lowest BCUT2D eigenvalue weighted by molar-refractivity contribution is -0.144. The number of nitrogens with one attached hydrogen (secondary N) is 1. The van der Waals surface area contributed by atoms with Crippen LogP contribution >= 0.6 is 21.6 Å². The fourth-order valence-corrected chi connectivity index (χ4v) is 3.02. The maximum absolute atomic E-state index is 11.6. The predicted molar refractivity (Wildman–Crippen MR) is 80.0 cm³/mol. The highest BCUT2D eigenvalue weighted by atomic mass is 33.1. The Morgan fingerprint density at radius 2 is 2.00 bits per heavy atom. The number of amides is 1. The Morgan fingerprint density at radius 3 is 2.63 bits per heavy atom. The van der Waals surface area contributed by atoms with Gasteiger partial charge in [-0.1, -0.05) is 41.1 Å². The summed E-state index contributed by atoms with van der Waals surface area (Å²) >= 11 is 0. The first-order valence-electron chi connectivity index (χ1n) is 5.94. The Kier molecular flexibility index (Phi) is 7.43. The zero-order valence-corrected chi connectivity index (χ0v) is 12.6. The third-order valence-corrected chi connectivity index (χ3v) is 4.18. The molecule has 0 radical (unpaired) electrons. The van der Waals surface area contributed by atoms with Crippen molar-refractivity contribution in [3.8, 4) is 0 Å². The molecular weight excluding hydrogens is 282 g/mol. The zero-order chi connectivity index (χ0) is 14.1. The lowest BCUT2D eigenvalue weighted by atomic mass is 10.2. The second-order valence-electron chi connectivity index (χ2n) is 3.74. The molecule has 1 N–H and O–H groups in total. The zero-order valence-electron chi connectivity index (χ0n) is 10.9. The summed E-state index contributed by atoms with van der Waals surface area (Å²) in [6.45, 7) is 3.66. The molecule has 0 aliphatic heterocycles. The highest BCUT2D eigenvalue weighted by Crippen LogP contribution is 2.26. The minimum Gasteiger partial charge on any atom is -0.464 e. The molecule has 0 aromatic heterocycles. The van der Waals surface area contributed by atoms with Gasteiger partial charge in [0, 0.05) is 16.5 Å². The molecule has 1 aromatic rings. The summed E-state index contributed by atoms with van der Waals surface area (Å²) in [7, 11) is 2.53. The molecule has 0 saturated carbocycles. The van der Waals surface area contributed by atoms with Gasteiger partial charge < -0.3 is 10.1 Å². The van der Waals surface area contributed by atoms with E-state index in [1.807, 2.05) is 30.3 Å². The van der Waals surface area contributed by atoms with Crippen LogP contribution in [0.1, 0.15) is 19.4 Å². The Bertz CT molecular complexity index is 412. The van der Waals surface area contributed by atoms with Gasteiger partial charge in [-0.15, -0.1) is 0 Å². The van der Waals surface area contributed by atoms with Crippen LogP contribution in [-0.4, -0.2) is 23.9 Å². The van der Waals surface area contributed by atoms with Crippen molar-refractivity contribution >= 4 is 32.8 Å². The van der Waals surface area contributed by atoms with Crippen molar-refractivity contribution in [2.45, 2.75) is 25.6 Å². The number of rotatable bonds is 6. The van der Waals surface area contributed by atoms with Gasteiger partial charge in [0.25, 0.3) is 5.24 Å². The van der Waals surface area contributed by atoms with Crippen LogP contribution in [0.5, 0.6) is 0 Å². The minimum atomic E-state index is -0.614. The molecule has 1 amide bonds. The molecular formula is C13H17NO3S2.